The van der Waals surface area contributed by atoms with Crippen molar-refractivity contribution in [2.75, 3.05) is 41.3 Å². The summed E-state index contributed by atoms with van der Waals surface area (Å²) in [5.74, 6) is -4.66. The van der Waals surface area contributed by atoms with Crippen molar-refractivity contribution in [3.05, 3.63) is 95.6 Å². The first-order chi connectivity index (χ1) is 35.9. The van der Waals surface area contributed by atoms with E-state index >= 15 is 0 Å². The third kappa shape index (κ3) is 16.9. The van der Waals surface area contributed by atoms with Crippen LogP contribution in [0.3, 0.4) is 0 Å². The number of esters is 1. The molecule has 416 valence electrons. The quantitative estimate of drug-likeness (QED) is 0.0658. The van der Waals surface area contributed by atoms with E-state index in [1.54, 1.807) is 13.8 Å². The maximum absolute atomic E-state index is 14.4. The van der Waals surface area contributed by atoms with Crippen LogP contribution in [0.5, 0.6) is 0 Å². The predicted octanol–water partition coefficient (Wildman–Crippen LogP) is 7.16. The van der Waals surface area contributed by atoms with Crippen molar-refractivity contribution in [1.29, 1.82) is 0 Å². The number of hydrogen-bond donors (Lipinski definition) is 3. The van der Waals surface area contributed by atoms with Gasteiger partial charge >= 0.3 is 12.1 Å². The molecule has 0 spiro atoms. The van der Waals surface area contributed by atoms with E-state index in [2.05, 4.69) is 28.1 Å². The fourth-order valence-corrected chi connectivity index (χ4v) is 9.49. The van der Waals surface area contributed by atoms with Gasteiger partial charge in [0.15, 0.2) is 0 Å². The zero-order valence-corrected chi connectivity index (χ0v) is 47.4. The van der Waals surface area contributed by atoms with Crippen LogP contribution in [0.25, 0.3) is 11.1 Å². The van der Waals surface area contributed by atoms with Crippen molar-refractivity contribution < 1.29 is 47.8 Å². The summed E-state index contributed by atoms with van der Waals surface area (Å²) in [5, 5.41) is 8.48. The Bertz CT molecular complexity index is 2420. The van der Waals surface area contributed by atoms with Gasteiger partial charge in [0.05, 0.1) is 6.54 Å². The number of amides is 7. The number of fused-ring (bicyclic) bond motifs is 3. The highest BCUT2D eigenvalue weighted by atomic mass is 16.6. The predicted molar refractivity (Wildman–Crippen MR) is 293 cm³/mol. The molecule has 4 rings (SSSR count). The van der Waals surface area contributed by atoms with Gasteiger partial charge in [0.1, 0.15) is 49.5 Å². The molecular weight excluding hydrogens is 967 g/mol. The molecular formula is C59H85N7O10. The van der Waals surface area contributed by atoms with Crippen molar-refractivity contribution in [3.63, 3.8) is 0 Å². The second-order valence-electron chi connectivity index (χ2n) is 21.9. The first-order valence-corrected chi connectivity index (χ1v) is 26.8. The maximum Gasteiger partial charge on any atom is 0.410 e. The highest BCUT2D eigenvalue weighted by Crippen LogP contribution is 2.44. The largest absolute Gasteiger partial charge is 0.459 e. The van der Waals surface area contributed by atoms with E-state index in [1.165, 1.54) is 54.7 Å². The summed E-state index contributed by atoms with van der Waals surface area (Å²) < 4.78 is 11.3. The highest BCUT2D eigenvalue weighted by Gasteiger charge is 2.39. The summed E-state index contributed by atoms with van der Waals surface area (Å²) in [6, 6.07) is 19.0. The lowest BCUT2D eigenvalue weighted by molar-refractivity contribution is -0.150. The average molecular weight is 1050 g/mol. The second-order valence-corrected chi connectivity index (χ2v) is 21.9. The molecule has 3 aromatic carbocycles. The van der Waals surface area contributed by atoms with Crippen LogP contribution in [0.1, 0.15) is 124 Å². The Hall–Kier alpha value is -6.78. The van der Waals surface area contributed by atoms with Crippen LogP contribution in [-0.4, -0.2) is 145 Å². The molecule has 0 aromatic heterocycles. The van der Waals surface area contributed by atoms with Gasteiger partial charge in [-0.05, 0) is 84.1 Å². The van der Waals surface area contributed by atoms with Gasteiger partial charge in [0, 0.05) is 34.1 Å². The first-order valence-electron chi connectivity index (χ1n) is 26.8. The molecule has 76 heavy (non-hydrogen) atoms. The first kappa shape index (κ1) is 61.8. The van der Waals surface area contributed by atoms with Crippen molar-refractivity contribution in [1.82, 2.24) is 35.6 Å². The lowest BCUT2D eigenvalue weighted by Crippen LogP contribution is -2.60. The molecule has 0 aliphatic heterocycles. The molecule has 1 aliphatic carbocycles. The maximum atomic E-state index is 14.4. The number of carbonyl (C=O) groups is 8. The minimum absolute atomic E-state index is 0.00609. The summed E-state index contributed by atoms with van der Waals surface area (Å²) in [5.41, 5.74) is 5.09. The number of ether oxygens (including phenoxy) is 2. The molecule has 0 heterocycles. The van der Waals surface area contributed by atoms with Gasteiger partial charge in [-0.2, -0.15) is 0 Å². The van der Waals surface area contributed by atoms with E-state index < -0.39 is 96.2 Å². The van der Waals surface area contributed by atoms with E-state index in [9.17, 15) is 38.4 Å². The normalized spacial score (nSPS) is 14.3. The summed E-state index contributed by atoms with van der Waals surface area (Å²) in [6.45, 7) is 18.1. The van der Waals surface area contributed by atoms with Gasteiger partial charge in [0.25, 0.3) is 0 Å². The number of hydrogen-bond acceptors (Lipinski definition) is 10. The molecule has 0 saturated heterocycles. The molecule has 6 atom stereocenters. The van der Waals surface area contributed by atoms with E-state index in [1.807, 2.05) is 115 Å². The molecule has 7 amide bonds. The van der Waals surface area contributed by atoms with Crippen LogP contribution in [-0.2, 0) is 49.6 Å². The van der Waals surface area contributed by atoms with E-state index in [0.29, 0.717) is 12.8 Å². The Kier molecular flexibility index (Phi) is 23.5. The number of nitrogens with one attached hydrogen (secondary N) is 3. The van der Waals surface area contributed by atoms with Crippen LogP contribution in [0.15, 0.2) is 78.9 Å². The van der Waals surface area contributed by atoms with Crippen molar-refractivity contribution in [2.45, 2.75) is 150 Å². The summed E-state index contributed by atoms with van der Waals surface area (Å²) in [7, 11) is 5.94. The number of nitrogens with zero attached hydrogens (tertiary/aromatic N) is 4. The average Bonchev–Trinajstić information content (AvgIpc) is 3.70. The Morgan fingerprint density at radius 2 is 1.03 bits per heavy atom. The minimum Gasteiger partial charge on any atom is -0.459 e. The Morgan fingerprint density at radius 1 is 0.553 bits per heavy atom. The number of rotatable bonds is 27. The topological polar surface area (TPSA) is 204 Å². The summed E-state index contributed by atoms with van der Waals surface area (Å²) >= 11 is 0. The lowest BCUT2D eigenvalue weighted by atomic mass is 9.97. The number of carbonyl (C=O) groups excluding carboxylic acids is 8. The molecule has 17 nitrogen and oxygen atoms in total. The summed E-state index contributed by atoms with van der Waals surface area (Å²) in [6.07, 6.45) is 0.866. The van der Waals surface area contributed by atoms with E-state index in [4.69, 9.17) is 9.47 Å². The molecule has 0 saturated carbocycles. The Labute approximate surface area is 451 Å². The van der Waals surface area contributed by atoms with Crippen LogP contribution < -0.4 is 16.0 Å². The molecule has 3 aromatic rings. The third-order valence-corrected chi connectivity index (χ3v) is 13.9. The van der Waals surface area contributed by atoms with Gasteiger partial charge in [-0.15, -0.1) is 0 Å². The molecule has 17 heteroatoms. The van der Waals surface area contributed by atoms with Crippen LogP contribution in [0, 0.1) is 23.7 Å². The van der Waals surface area contributed by atoms with Crippen molar-refractivity contribution >= 4 is 47.5 Å². The van der Waals surface area contributed by atoms with Crippen LogP contribution >= 0.6 is 0 Å². The standard InChI is InChI=1S/C59H85N7O10/c1-15-23-47(61-54(69)50(32-38(6)7)66(14)59(74)76-35-46-44-28-21-19-26-42(44)43-27-20-22-29-45(43)46)56(71)63(11)33-51(67)64(12)48(30-36(2)3)55(70)62-52(39(8)9)57(72)65(13)49(31-37(4)5)53(68)60-40(10)58(73)75-34-41-24-17-16-18-25-41/h16-22,24-29,36-40,46-50,52H,15,23,30-35H2,1-14H3,(H,60,68)(H,61,69)(H,62,70)/t40-,47-,48-,49-,50-,52-/m0/s1. The monoisotopic (exact) mass is 1050 g/mol. The lowest BCUT2D eigenvalue weighted by Gasteiger charge is -2.35. The Balaban J connectivity index is 1.42. The van der Waals surface area contributed by atoms with Crippen LogP contribution in [0.2, 0.25) is 0 Å². The molecule has 3 N–H and O–H groups in total. The van der Waals surface area contributed by atoms with Gasteiger partial charge in [-0.1, -0.05) is 148 Å². The van der Waals surface area contributed by atoms with Gasteiger partial charge < -0.3 is 40.1 Å². The van der Waals surface area contributed by atoms with Gasteiger partial charge in [-0.3, -0.25) is 33.7 Å². The third-order valence-electron chi connectivity index (χ3n) is 13.9. The van der Waals surface area contributed by atoms with E-state index in [0.717, 1.165) is 27.8 Å². The summed E-state index contributed by atoms with van der Waals surface area (Å²) in [4.78, 5) is 117. The zero-order chi connectivity index (χ0) is 56.6. The zero-order valence-electron chi connectivity index (χ0n) is 47.4. The molecule has 0 unspecified atom stereocenters. The fourth-order valence-electron chi connectivity index (χ4n) is 9.49. The number of likely N-dealkylation sites (N-methyl/N-ethyl adjacent to an activating group) is 4. The fraction of sp³-hybridized carbons (Fsp3) is 0.559. The van der Waals surface area contributed by atoms with Gasteiger partial charge in [-0.25, -0.2) is 9.59 Å². The number of benzene rings is 3. The van der Waals surface area contributed by atoms with E-state index in [-0.39, 0.29) is 56.1 Å². The highest BCUT2D eigenvalue weighted by molar-refractivity contribution is 5.96. The van der Waals surface area contributed by atoms with Crippen molar-refractivity contribution in [2.24, 2.45) is 23.7 Å². The van der Waals surface area contributed by atoms with Gasteiger partial charge in [0.2, 0.25) is 35.4 Å². The molecule has 0 fully saturated rings. The molecule has 0 bridgehead atoms. The molecule has 0 radical (unpaired) electrons. The second kappa shape index (κ2) is 28.9. The van der Waals surface area contributed by atoms with Crippen molar-refractivity contribution in [3.8, 4) is 11.1 Å². The molecule has 1 aliphatic rings. The smallest absolute Gasteiger partial charge is 0.410 e. The van der Waals surface area contributed by atoms with Crippen LogP contribution in [0.4, 0.5) is 4.79 Å². The minimum atomic E-state index is -1.10. The Morgan fingerprint density at radius 3 is 1.54 bits per heavy atom. The SMILES string of the molecule is CCC[C@H](NC(=O)[C@H](CC(C)C)N(C)C(=O)OCC1c2ccccc2-c2ccccc21)C(=O)N(C)CC(=O)N(C)[C@@H](CC(C)C)C(=O)N[C@H](C(=O)N(C)[C@@H](CC(C)C)C(=O)N[C@@H](C)C(=O)OCc1ccccc1)C(C)C.